The summed E-state index contributed by atoms with van der Waals surface area (Å²) in [7, 11) is 0. The fourth-order valence-electron chi connectivity index (χ4n) is 3.45. The molecule has 1 saturated heterocycles. The highest BCUT2D eigenvalue weighted by Crippen LogP contribution is 2.30. The summed E-state index contributed by atoms with van der Waals surface area (Å²) in [5.41, 5.74) is 7.67. The van der Waals surface area contributed by atoms with Crippen molar-refractivity contribution in [3.8, 4) is 5.75 Å². The number of amidine groups is 1. The van der Waals surface area contributed by atoms with Crippen molar-refractivity contribution in [2.24, 2.45) is 10.9 Å². The van der Waals surface area contributed by atoms with Gasteiger partial charge in [-0.1, -0.05) is 35.5 Å². The van der Waals surface area contributed by atoms with Crippen LogP contribution in [0.3, 0.4) is 0 Å². The van der Waals surface area contributed by atoms with E-state index in [1.807, 2.05) is 43.3 Å². The van der Waals surface area contributed by atoms with E-state index < -0.39 is 0 Å². The third-order valence-corrected chi connectivity index (χ3v) is 6.28. The molecule has 0 aromatic heterocycles. The number of nitrogens with zero attached hydrogens (tertiary/aromatic N) is 2. The lowest BCUT2D eigenvalue weighted by molar-refractivity contribution is -0.121. The first kappa shape index (κ1) is 22.6. The van der Waals surface area contributed by atoms with Crippen LogP contribution >= 0.6 is 23.4 Å². The average molecular weight is 474 g/mol. The number of halogens is 1. The van der Waals surface area contributed by atoms with Crippen LogP contribution in [0.5, 0.6) is 5.75 Å². The highest BCUT2D eigenvalue weighted by Gasteiger charge is 2.42. The molecule has 0 aliphatic carbocycles. The number of carbonyl (C=O) groups excluding carboxylic acids is 2. The third kappa shape index (κ3) is 5.24. The second kappa shape index (κ2) is 10.4. The van der Waals surface area contributed by atoms with Crippen molar-refractivity contribution < 1.29 is 14.3 Å². The van der Waals surface area contributed by atoms with Gasteiger partial charge in [0, 0.05) is 18.1 Å². The summed E-state index contributed by atoms with van der Waals surface area (Å²) in [6, 6.07) is 14.6. The zero-order chi connectivity index (χ0) is 22.5. The van der Waals surface area contributed by atoms with E-state index in [9.17, 15) is 9.59 Å². The van der Waals surface area contributed by atoms with E-state index >= 15 is 0 Å². The Bertz CT molecular complexity index is 1000. The molecular formula is C22H24ClN5O3S. The van der Waals surface area contributed by atoms with Crippen molar-refractivity contribution in [3.63, 3.8) is 0 Å². The number of aliphatic imine (C=N–C) groups is 1. The van der Waals surface area contributed by atoms with E-state index in [2.05, 4.69) is 16.2 Å². The summed E-state index contributed by atoms with van der Waals surface area (Å²) in [6.07, 6.45) is -0.346. The molecular weight excluding hydrogens is 450 g/mol. The van der Waals surface area contributed by atoms with Crippen molar-refractivity contribution in [1.82, 2.24) is 16.2 Å². The number of carbonyl (C=O) groups is 2. The molecule has 10 heteroatoms. The zero-order valence-corrected chi connectivity index (χ0v) is 19.1. The molecule has 2 heterocycles. The molecule has 1 fully saturated rings. The van der Waals surface area contributed by atoms with Crippen LogP contribution < -0.4 is 25.8 Å². The Morgan fingerprint density at radius 3 is 2.72 bits per heavy atom. The van der Waals surface area contributed by atoms with Gasteiger partial charge in [-0.2, -0.15) is 0 Å². The van der Waals surface area contributed by atoms with Gasteiger partial charge in [-0.15, -0.1) is 0 Å². The molecule has 4 rings (SSSR count). The number of anilines is 1. The van der Waals surface area contributed by atoms with Gasteiger partial charge in [0.2, 0.25) is 11.8 Å². The fraction of sp³-hybridized carbons (Fsp3) is 0.318. The van der Waals surface area contributed by atoms with Crippen LogP contribution in [-0.2, 0) is 16.1 Å². The van der Waals surface area contributed by atoms with E-state index in [-0.39, 0.29) is 29.7 Å². The largest absolute Gasteiger partial charge is 0.494 e. The van der Waals surface area contributed by atoms with Gasteiger partial charge in [-0.05, 0) is 48.9 Å². The monoisotopic (exact) mass is 473 g/mol. The number of hydrogen-bond acceptors (Lipinski definition) is 7. The minimum atomic E-state index is -0.346. The maximum Gasteiger partial charge on any atom is 0.241 e. The predicted octanol–water partition coefficient (Wildman–Crippen LogP) is 2.54. The Balaban J connectivity index is 1.44. The first-order chi connectivity index (χ1) is 15.5. The molecule has 2 aromatic rings. The van der Waals surface area contributed by atoms with Crippen molar-refractivity contribution in [2.75, 3.05) is 23.8 Å². The van der Waals surface area contributed by atoms with E-state index in [1.165, 1.54) is 11.8 Å². The Hall–Kier alpha value is -2.59. The molecule has 0 saturated carbocycles. The average Bonchev–Trinajstić information content (AvgIpc) is 3.27. The van der Waals surface area contributed by atoms with Crippen LogP contribution in [-0.4, -0.2) is 42.1 Å². The highest BCUT2D eigenvalue weighted by molar-refractivity contribution is 8.14. The lowest BCUT2D eigenvalue weighted by atomic mass is 10.0. The molecule has 2 aliphatic rings. The quantitative estimate of drug-likeness (QED) is 0.572. The molecule has 2 aromatic carbocycles. The van der Waals surface area contributed by atoms with Gasteiger partial charge in [-0.25, -0.2) is 10.4 Å². The zero-order valence-electron chi connectivity index (χ0n) is 17.5. The number of fused-ring (bicyclic) bond motifs is 1. The first-order valence-electron chi connectivity index (χ1n) is 10.3. The van der Waals surface area contributed by atoms with Crippen LogP contribution in [0.25, 0.3) is 0 Å². The summed E-state index contributed by atoms with van der Waals surface area (Å²) in [5, 5.41) is 4.02. The molecule has 2 amide bonds. The second-order valence-corrected chi connectivity index (χ2v) is 8.66. The topological polar surface area (TPSA) is 95.1 Å². The summed E-state index contributed by atoms with van der Waals surface area (Å²) < 4.78 is 5.50. The second-order valence-electron chi connectivity index (χ2n) is 7.28. The molecule has 8 nitrogen and oxygen atoms in total. The van der Waals surface area contributed by atoms with Gasteiger partial charge in [-0.3, -0.25) is 19.9 Å². The Morgan fingerprint density at radius 1 is 1.25 bits per heavy atom. The maximum absolute atomic E-state index is 13.2. The molecule has 2 atom stereocenters. The predicted molar refractivity (Wildman–Crippen MR) is 127 cm³/mol. The molecule has 3 N–H and O–H groups in total. The lowest BCUT2D eigenvalue weighted by Crippen LogP contribution is -2.49. The number of nitrogens with one attached hydrogen (secondary N) is 3. The molecule has 2 unspecified atom stereocenters. The standard InChI is InChI=1S/C22H24ClN5O3S/c1-2-31-17-9-7-16(8-10-17)28-21(30)18-12-25-27-20(18)26-22(28)32-13-19(29)24-11-14-3-5-15(23)6-4-14/h3-10,18,20,25,27H,2,11-13H2,1H3,(H,24,29). The van der Waals surface area contributed by atoms with Gasteiger partial charge in [0.1, 0.15) is 11.9 Å². The van der Waals surface area contributed by atoms with Gasteiger partial charge < -0.3 is 10.1 Å². The minimum absolute atomic E-state index is 0.0595. The molecule has 0 radical (unpaired) electrons. The smallest absolute Gasteiger partial charge is 0.241 e. The van der Waals surface area contributed by atoms with Crippen molar-refractivity contribution in [1.29, 1.82) is 0 Å². The summed E-state index contributed by atoms with van der Waals surface area (Å²) >= 11 is 7.13. The number of amides is 2. The van der Waals surface area contributed by atoms with Gasteiger partial charge in [0.15, 0.2) is 5.17 Å². The maximum atomic E-state index is 13.2. The van der Waals surface area contributed by atoms with Gasteiger partial charge >= 0.3 is 0 Å². The van der Waals surface area contributed by atoms with E-state index in [1.54, 1.807) is 17.0 Å². The Labute approximate surface area is 195 Å². The van der Waals surface area contributed by atoms with Gasteiger partial charge in [0.05, 0.1) is 24.0 Å². The van der Waals surface area contributed by atoms with Crippen LogP contribution in [0, 0.1) is 5.92 Å². The normalized spacial score (nSPS) is 20.0. The van der Waals surface area contributed by atoms with Crippen molar-refractivity contribution in [3.05, 3.63) is 59.1 Å². The lowest BCUT2D eigenvalue weighted by Gasteiger charge is -2.32. The van der Waals surface area contributed by atoms with Crippen LogP contribution in [0.15, 0.2) is 53.5 Å². The first-order valence-corrected chi connectivity index (χ1v) is 11.7. The molecule has 0 bridgehead atoms. The summed E-state index contributed by atoms with van der Waals surface area (Å²) in [6.45, 7) is 3.39. The van der Waals surface area contributed by atoms with Crippen LogP contribution in [0.2, 0.25) is 5.02 Å². The molecule has 2 aliphatic heterocycles. The number of ether oxygens (including phenoxy) is 1. The summed E-state index contributed by atoms with van der Waals surface area (Å²) in [5.74, 6) is 0.361. The SMILES string of the molecule is CCOc1ccc(N2C(=O)C3CNNC3N=C2SCC(=O)NCc2ccc(Cl)cc2)cc1. The third-order valence-electron chi connectivity index (χ3n) is 5.07. The molecule has 0 spiro atoms. The van der Waals surface area contributed by atoms with Crippen LogP contribution in [0.4, 0.5) is 5.69 Å². The number of hydrazine groups is 1. The number of thioether (sulfide) groups is 1. The molecule has 168 valence electrons. The number of benzene rings is 2. The highest BCUT2D eigenvalue weighted by atomic mass is 35.5. The van der Waals surface area contributed by atoms with E-state index in [0.29, 0.717) is 35.6 Å². The minimum Gasteiger partial charge on any atom is -0.494 e. The van der Waals surface area contributed by atoms with Crippen molar-refractivity contribution >= 4 is 46.0 Å². The number of hydrogen-bond donors (Lipinski definition) is 3. The Morgan fingerprint density at radius 2 is 2.00 bits per heavy atom. The Kier molecular flexibility index (Phi) is 7.31. The summed E-state index contributed by atoms with van der Waals surface area (Å²) in [4.78, 5) is 31.9. The van der Waals surface area contributed by atoms with E-state index in [0.717, 1.165) is 11.3 Å². The van der Waals surface area contributed by atoms with Crippen molar-refractivity contribution in [2.45, 2.75) is 19.6 Å². The molecule has 32 heavy (non-hydrogen) atoms. The fourth-order valence-corrected chi connectivity index (χ4v) is 4.45. The number of rotatable bonds is 7. The van der Waals surface area contributed by atoms with Crippen LogP contribution in [0.1, 0.15) is 12.5 Å². The van der Waals surface area contributed by atoms with E-state index in [4.69, 9.17) is 21.3 Å². The van der Waals surface area contributed by atoms with Gasteiger partial charge in [0.25, 0.3) is 0 Å².